The summed E-state index contributed by atoms with van der Waals surface area (Å²) in [6.45, 7) is 5.76. The average Bonchev–Trinajstić information content (AvgIpc) is 3.33. The second-order valence-electron chi connectivity index (χ2n) is 7.89. The number of nitrogens with one attached hydrogen (secondary N) is 2. The van der Waals surface area contributed by atoms with Crippen LogP contribution in [0.3, 0.4) is 0 Å². The van der Waals surface area contributed by atoms with E-state index in [4.69, 9.17) is 4.74 Å². The van der Waals surface area contributed by atoms with Crippen molar-refractivity contribution < 1.29 is 32.2 Å². The molecule has 0 unspecified atom stereocenters. The van der Waals surface area contributed by atoms with Gasteiger partial charge >= 0.3 is 6.36 Å². The van der Waals surface area contributed by atoms with E-state index in [1.807, 2.05) is 25.1 Å². The molecule has 198 valence electrons. The number of hydrogen-bond acceptors (Lipinski definition) is 7. The van der Waals surface area contributed by atoms with Gasteiger partial charge in [-0.05, 0) is 55.8 Å². The summed E-state index contributed by atoms with van der Waals surface area (Å²) in [5.41, 5.74) is 2.53. The van der Waals surface area contributed by atoms with Gasteiger partial charge in [-0.1, -0.05) is 12.1 Å². The number of nitrogens with zero attached hydrogens (tertiary/aromatic N) is 2. The molecule has 37 heavy (non-hydrogen) atoms. The van der Waals surface area contributed by atoms with Crippen LogP contribution in [0.4, 0.5) is 18.9 Å². The molecule has 0 bridgehead atoms. The summed E-state index contributed by atoms with van der Waals surface area (Å²) in [6, 6.07) is 12.9. The molecule has 1 aromatic heterocycles. The van der Waals surface area contributed by atoms with Gasteiger partial charge in [0.15, 0.2) is 6.61 Å². The van der Waals surface area contributed by atoms with Gasteiger partial charge in [-0.3, -0.25) is 9.59 Å². The molecule has 2 aromatic carbocycles. The van der Waals surface area contributed by atoms with Gasteiger partial charge in [-0.2, -0.15) is 0 Å². The molecule has 3 rings (SSSR count). The van der Waals surface area contributed by atoms with Crippen molar-refractivity contribution in [2.24, 2.45) is 0 Å². The summed E-state index contributed by atoms with van der Waals surface area (Å²) in [5, 5.41) is 7.66. The molecule has 0 atom stereocenters. The number of alkyl halides is 3. The van der Waals surface area contributed by atoms with Gasteiger partial charge in [0.1, 0.15) is 22.2 Å². The summed E-state index contributed by atoms with van der Waals surface area (Å²) >= 11 is 1.24. The standard InChI is InChI=1S/C25H27F3N4O4S/c1-3-32(18-6-4-5-17(2)13-18)12-11-29-24(34)21-16-37-23(31-21)14-30-22(33)15-35-19-7-9-20(10-8-19)36-25(26,27)28/h4-10,13,16H,3,11-12,14-15H2,1-2H3,(H,29,34)(H,30,33). The number of halogens is 3. The Morgan fingerprint density at radius 3 is 2.49 bits per heavy atom. The molecule has 2 amide bonds. The maximum absolute atomic E-state index is 12.5. The molecule has 0 aliphatic rings. The molecule has 0 saturated heterocycles. The molecular weight excluding hydrogens is 509 g/mol. The molecule has 0 fully saturated rings. The minimum absolute atomic E-state index is 0.107. The fourth-order valence-corrected chi connectivity index (χ4v) is 4.01. The van der Waals surface area contributed by atoms with Crippen molar-refractivity contribution in [2.45, 2.75) is 26.8 Å². The van der Waals surface area contributed by atoms with Crippen molar-refractivity contribution in [1.82, 2.24) is 15.6 Å². The van der Waals surface area contributed by atoms with Crippen molar-refractivity contribution in [3.8, 4) is 11.5 Å². The highest BCUT2D eigenvalue weighted by Gasteiger charge is 2.31. The second kappa shape index (κ2) is 12.9. The summed E-state index contributed by atoms with van der Waals surface area (Å²) in [5.74, 6) is -0.924. The van der Waals surface area contributed by atoms with Gasteiger partial charge in [0.05, 0.1) is 6.54 Å². The van der Waals surface area contributed by atoms with Gasteiger partial charge in [0.25, 0.3) is 11.8 Å². The zero-order valence-electron chi connectivity index (χ0n) is 20.3. The topological polar surface area (TPSA) is 92.8 Å². The first-order valence-corrected chi connectivity index (χ1v) is 12.3. The van der Waals surface area contributed by atoms with Gasteiger partial charge in [0.2, 0.25) is 0 Å². The van der Waals surface area contributed by atoms with Gasteiger partial charge in [-0.25, -0.2) is 4.98 Å². The lowest BCUT2D eigenvalue weighted by atomic mass is 10.2. The number of amides is 2. The molecule has 0 aliphatic carbocycles. The minimum atomic E-state index is -4.78. The van der Waals surface area contributed by atoms with Crippen LogP contribution >= 0.6 is 11.3 Å². The molecule has 1 heterocycles. The van der Waals surface area contributed by atoms with Crippen LogP contribution in [0, 0.1) is 6.92 Å². The van der Waals surface area contributed by atoms with Crippen LogP contribution < -0.4 is 25.0 Å². The summed E-state index contributed by atoms with van der Waals surface area (Å²) < 4.78 is 45.6. The molecule has 0 radical (unpaired) electrons. The molecule has 0 saturated carbocycles. The number of thiazole rings is 1. The molecule has 12 heteroatoms. The Bertz CT molecular complexity index is 1190. The Balaban J connectivity index is 1.38. The van der Waals surface area contributed by atoms with E-state index in [-0.39, 0.29) is 36.3 Å². The number of aryl methyl sites for hydroxylation is 1. The third-order valence-electron chi connectivity index (χ3n) is 5.06. The molecule has 2 N–H and O–H groups in total. The molecular formula is C25H27F3N4O4S. The van der Waals surface area contributed by atoms with Crippen LogP contribution in [0.15, 0.2) is 53.9 Å². The van der Waals surface area contributed by atoms with E-state index < -0.39 is 12.3 Å². The fraction of sp³-hybridized carbons (Fsp3) is 0.320. The van der Waals surface area contributed by atoms with E-state index >= 15 is 0 Å². The van der Waals surface area contributed by atoms with Crippen LogP contribution in [-0.2, 0) is 11.3 Å². The van der Waals surface area contributed by atoms with E-state index in [0.29, 0.717) is 18.1 Å². The Labute approximate surface area is 216 Å². The number of ether oxygens (including phenoxy) is 2. The van der Waals surface area contributed by atoms with Crippen molar-refractivity contribution in [3.05, 3.63) is 70.2 Å². The zero-order chi connectivity index (χ0) is 26.8. The van der Waals surface area contributed by atoms with E-state index in [1.54, 1.807) is 5.38 Å². The van der Waals surface area contributed by atoms with E-state index in [0.717, 1.165) is 24.4 Å². The van der Waals surface area contributed by atoms with E-state index in [1.165, 1.54) is 29.0 Å². The van der Waals surface area contributed by atoms with Crippen LogP contribution in [0.5, 0.6) is 11.5 Å². The Kier molecular flexibility index (Phi) is 9.72. The minimum Gasteiger partial charge on any atom is -0.484 e. The Hall–Kier alpha value is -3.80. The van der Waals surface area contributed by atoms with Gasteiger partial charge < -0.3 is 25.0 Å². The summed E-state index contributed by atoms with van der Waals surface area (Å²) in [7, 11) is 0. The number of anilines is 1. The first-order valence-electron chi connectivity index (χ1n) is 11.4. The number of carbonyl (C=O) groups excluding carboxylic acids is 2. The van der Waals surface area contributed by atoms with Crippen molar-refractivity contribution >= 4 is 28.8 Å². The lowest BCUT2D eigenvalue weighted by Crippen LogP contribution is -2.35. The summed E-state index contributed by atoms with van der Waals surface area (Å²) in [6.07, 6.45) is -4.78. The highest BCUT2D eigenvalue weighted by molar-refractivity contribution is 7.09. The maximum atomic E-state index is 12.5. The highest BCUT2D eigenvalue weighted by Crippen LogP contribution is 2.24. The van der Waals surface area contributed by atoms with Gasteiger partial charge in [0, 0.05) is 30.7 Å². The average molecular weight is 537 g/mol. The van der Waals surface area contributed by atoms with Crippen LogP contribution in [0.1, 0.15) is 28.0 Å². The largest absolute Gasteiger partial charge is 0.573 e. The van der Waals surface area contributed by atoms with Crippen LogP contribution in [-0.4, -0.2) is 49.4 Å². The number of hydrogen-bond donors (Lipinski definition) is 2. The predicted octanol–water partition coefficient (Wildman–Crippen LogP) is 4.30. The second-order valence-corrected chi connectivity index (χ2v) is 8.83. The number of carbonyl (C=O) groups is 2. The third kappa shape index (κ3) is 9.30. The summed E-state index contributed by atoms with van der Waals surface area (Å²) in [4.78, 5) is 30.9. The van der Waals surface area contributed by atoms with E-state index in [2.05, 4.69) is 38.2 Å². The van der Waals surface area contributed by atoms with Crippen molar-refractivity contribution in [2.75, 3.05) is 31.1 Å². The first-order chi connectivity index (χ1) is 17.6. The molecule has 8 nitrogen and oxygen atoms in total. The molecule has 0 aliphatic heterocycles. The fourth-order valence-electron chi connectivity index (χ4n) is 3.30. The Morgan fingerprint density at radius 2 is 1.81 bits per heavy atom. The lowest BCUT2D eigenvalue weighted by Gasteiger charge is -2.23. The maximum Gasteiger partial charge on any atom is 0.573 e. The van der Waals surface area contributed by atoms with Crippen LogP contribution in [0.25, 0.3) is 0 Å². The SMILES string of the molecule is CCN(CCNC(=O)c1csc(CNC(=O)COc2ccc(OC(F)(F)F)cc2)n1)c1cccc(C)c1. The number of aromatic nitrogens is 1. The molecule has 0 spiro atoms. The van der Waals surface area contributed by atoms with Crippen molar-refractivity contribution in [1.29, 1.82) is 0 Å². The predicted molar refractivity (Wildman–Crippen MR) is 134 cm³/mol. The lowest BCUT2D eigenvalue weighted by molar-refractivity contribution is -0.274. The monoisotopic (exact) mass is 536 g/mol. The van der Waals surface area contributed by atoms with Crippen molar-refractivity contribution in [3.63, 3.8) is 0 Å². The first kappa shape index (κ1) is 27.8. The van der Waals surface area contributed by atoms with Crippen LogP contribution in [0.2, 0.25) is 0 Å². The Morgan fingerprint density at radius 1 is 1.08 bits per heavy atom. The molecule has 3 aromatic rings. The highest BCUT2D eigenvalue weighted by atomic mass is 32.1. The van der Waals surface area contributed by atoms with E-state index in [9.17, 15) is 22.8 Å². The smallest absolute Gasteiger partial charge is 0.484 e. The quantitative estimate of drug-likeness (QED) is 0.359. The van der Waals surface area contributed by atoms with Gasteiger partial charge in [-0.15, -0.1) is 24.5 Å². The number of rotatable bonds is 12. The normalized spacial score (nSPS) is 11.1. The number of benzene rings is 2. The zero-order valence-corrected chi connectivity index (χ0v) is 21.1. The number of likely N-dealkylation sites (N-methyl/N-ethyl adjacent to an activating group) is 1. The third-order valence-corrected chi connectivity index (χ3v) is 5.91.